The number of rotatable bonds is 3. The van der Waals surface area contributed by atoms with E-state index in [1.807, 2.05) is 11.8 Å². The maximum absolute atomic E-state index is 13.7. The third kappa shape index (κ3) is 2.47. The van der Waals surface area contributed by atoms with Gasteiger partial charge in [-0.15, -0.1) is 0 Å². The van der Waals surface area contributed by atoms with Gasteiger partial charge in [0.1, 0.15) is 5.82 Å². The highest BCUT2D eigenvalue weighted by Gasteiger charge is 2.16. The molecule has 1 atom stereocenters. The lowest BCUT2D eigenvalue weighted by molar-refractivity contribution is 0.575. The van der Waals surface area contributed by atoms with Crippen molar-refractivity contribution in [2.45, 2.75) is 13.0 Å². The second-order valence-corrected chi connectivity index (χ2v) is 4.15. The van der Waals surface area contributed by atoms with Crippen LogP contribution in [0.2, 0.25) is 0 Å². The molecule has 2 rings (SSSR count). The van der Waals surface area contributed by atoms with Gasteiger partial charge in [-0.2, -0.15) is 4.39 Å². The van der Waals surface area contributed by atoms with E-state index in [0.29, 0.717) is 11.3 Å². The minimum absolute atomic E-state index is 0.187. The number of aromatic nitrogens is 1. The number of benzene rings is 1. The number of hydrogen-bond acceptors (Lipinski definition) is 2. The van der Waals surface area contributed by atoms with E-state index in [-0.39, 0.29) is 11.9 Å². The Kier molecular flexibility index (Phi) is 3.55. The second-order valence-electron chi connectivity index (χ2n) is 4.15. The van der Waals surface area contributed by atoms with Gasteiger partial charge in [-0.3, -0.25) is 0 Å². The highest BCUT2D eigenvalue weighted by Crippen LogP contribution is 2.26. The third-order valence-corrected chi connectivity index (χ3v) is 3.05. The molecule has 0 spiro atoms. The lowest BCUT2D eigenvalue weighted by atomic mass is 10.1. The van der Waals surface area contributed by atoms with Crippen molar-refractivity contribution in [1.29, 1.82) is 0 Å². The van der Waals surface area contributed by atoms with Gasteiger partial charge in [0.2, 0.25) is 5.95 Å². The van der Waals surface area contributed by atoms with Crippen molar-refractivity contribution in [2.75, 3.05) is 11.9 Å². The molecular weight excluding hydrogens is 234 g/mol. The first kappa shape index (κ1) is 12.5. The van der Waals surface area contributed by atoms with Crippen LogP contribution in [-0.4, -0.2) is 12.0 Å². The zero-order chi connectivity index (χ0) is 13.1. The molecule has 1 unspecified atom stereocenters. The molecule has 2 aromatic rings. The summed E-state index contributed by atoms with van der Waals surface area (Å²) in [6.45, 7) is 1.87. The molecule has 1 aromatic heterocycles. The second kappa shape index (κ2) is 5.12. The average Bonchev–Trinajstić information content (AvgIpc) is 2.37. The van der Waals surface area contributed by atoms with Gasteiger partial charge in [-0.1, -0.05) is 18.2 Å². The molecule has 0 saturated carbocycles. The molecule has 0 radical (unpaired) electrons. The van der Waals surface area contributed by atoms with E-state index in [0.717, 1.165) is 0 Å². The van der Waals surface area contributed by atoms with Crippen molar-refractivity contribution >= 4 is 5.69 Å². The minimum atomic E-state index is -0.542. The number of hydrogen-bond donors (Lipinski definition) is 0. The zero-order valence-electron chi connectivity index (χ0n) is 10.3. The van der Waals surface area contributed by atoms with E-state index >= 15 is 0 Å². The fourth-order valence-electron chi connectivity index (χ4n) is 1.86. The van der Waals surface area contributed by atoms with Crippen molar-refractivity contribution in [3.8, 4) is 0 Å². The average molecular weight is 248 g/mol. The van der Waals surface area contributed by atoms with Crippen molar-refractivity contribution in [2.24, 2.45) is 0 Å². The number of anilines is 1. The van der Waals surface area contributed by atoms with Crippen molar-refractivity contribution in [1.82, 2.24) is 4.98 Å². The predicted octanol–water partition coefficient (Wildman–Crippen LogP) is 3.56. The Bertz CT molecular complexity index is 543. The van der Waals surface area contributed by atoms with Crippen LogP contribution >= 0.6 is 0 Å². The van der Waals surface area contributed by atoms with Gasteiger partial charge in [0.15, 0.2) is 0 Å². The van der Waals surface area contributed by atoms with Gasteiger partial charge in [0, 0.05) is 30.6 Å². The highest BCUT2D eigenvalue weighted by atomic mass is 19.1. The summed E-state index contributed by atoms with van der Waals surface area (Å²) in [6, 6.07) is 9.43. The van der Waals surface area contributed by atoms with Crippen molar-refractivity contribution in [3.05, 3.63) is 59.9 Å². The maximum atomic E-state index is 13.7. The Hall–Kier alpha value is -1.97. The summed E-state index contributed by atoms with van der Waals surface area (Å²) in [6.07, 6.45) is 1.40. The largest absolute Gasteiger partial charge is 0.368 e. The summed E-state index contributed by atoms with van der Waals surface area (Å²) in [5.74, 6) is -0.800. The van der Waals surface area contributed by atoms with E-state index in [1.165, 1.54) is 18.3 Å². The normalized spacial score (nSPS) is 12.2. The van der Waals surface area contributed by atoms with Crippen LogP contribution in [0.4, 0.5) is 14.5 Å². The minimum Gasteiger partial charge on any atom is -0.368 e. The number of pyridine rings is 1. The summed E-state index contributed by atoms with van der Waals surface area (Å²) in [4.78, 5) is 5.31. The predicted molar refractivity (Wildman–Crippen MR) is 67.4 cm³/mol. The Labute approximate surface area is 105 Å². The zero-order valence-corrected chi connectivity index (χ0v) is 10.3. The quantitative estimate of drug-likeness (QED) is 0.772. The molecule has 0 bridgehead atoms. The van der Waals surface area contributed by atoms with Gasteiger partial charge in [0.25, 0.3) is 0 Å². The van der Waals surface area contributed by atoms with Crippen LogP contribution < -0.4 is 4.90 Å². The molecule has 4 heteroatoms. The molecular formula is C14H14F2N2. The maximum Gasteiger partial charge on any atom is 0.214 e. The van der Waals surface area contributed by atoms with Crippen LogP contribution in [0, 0.1) is 11.8 Å². The van der Waals surface area contributed by atoms with E-state index in [9.17, 15) is 8.78 Å². The number of nitrogens with zero attached hydrogens (tertiary/aromatic N) is 2. The molecule has 0 amide bonds. The fraction of sp³-hybridized carbons (Fsp3) is 0.214. The molecule has 0 N–H and O–H groups in total. The van der Waals surface area contributed by atoms with Crippen molar-refractivity contribution in [3.63, 3.8) is 0 Å². The summed E-state index contributed by atoms with van der Waals surface area (Å²) in [5, 5.41) is 0. The third-order valence-electron chi connectivity index (χ3n) is 3.05. The Morgan fingerprint density at radius 1 is 1.17 bits per heavy atom. The SMILES string of the molecule is CC(c1ccccc1F)N(C)c1ccnc(F)c1. The van der Waals surface area contributed by atoms with Gasteiger partial charge in [-0.25, -0.2) is 9.37 Å². The summed E-state index contributed by atoms with van der Waals surface area (Å²) < 4.78 is 26.7. The van der Waals surface area contributed by atoms with Crippen molar-refractivity contribution < 1.29 is 8.78 Å². The molecule has 2 nitrogen and oxygen atoms in total. The first-order chi connectivity index (χ1) is 8.59. The summed E-state index contributed by atoms with van der Waals surface area (Å²) in [5.41, 5.74) is 1.25. The summed E-state index contributed by atoms with van der Waals surface area (Å²) >= 11 is 0. The standard InChI is InChI=1S/C14H14F2N2/c1-10(12-5-3-4-6-13(12)15)18(2)11-7-8-17-14(16)9-11/h3-10H,1-2H3. The van der Waals surface area contributed by atoms with Crippen LogP contribution in [-0.2, 0) is 0 Å². The number of halogens is 2. The van der Waals surface area contributed by atoms with Gasteiger partial charge >= 0.3 is 0 Å². The van der Waals surface area contributed by atoms with Crippen LogP contribution in [0.1, 0.15) is 18.5 Å². The Balaban J connectivity index is 2.29. The molecule has 0 aliphatic heterocycles. The van der Waals surface area contributed by atoms with Crippen LogP contribution in [0.25, 0.3) is 0 Å². The van der Waals surface area contributed by atoms with Gasteiger partial charge < -0.3 is 4.90 Å². The molecule has 0 aliphatic carbocycles. The topological polar surface area (TPSA) is 16.1 Å². The molecule has 18 heavy (non-hydrogen) atoms. The lowest BCUT2D eigenvalue weighted by Crippen LogP contribution is -2.22. The van der Waals surface area contributed by atoms with Crippen LogP contribution in [0.5, 0.6) is 0 Å². The van der Waals surface area contributed by atoms with Gasteiger partial charge in [-0.05, 0) is 19.1 Å². The Morgan fingerprint density at radius 3 is 2.56 bits per heavy atom. The van der Waals surface area contributed by atoms with E-state index in [4.69, 9.17) is 0 Å². The Morgan fingerprint density at radius 2 is 1.89 bits per heavy atom. The fourth-order valence-corrected chi connectivity index (χ4v) is 1.86. The molecule has 0 aliphatic rings. The monoisotopic (exact) mass is 248 g/mol. The smallest absolute Gasteiger partial charge is 0.214 e. The van der Waals surface area contributed by atoms with Crippen LogP contribution in [0.3, 0.4) is 0 Å². The van der Waals surface area contributed by atoms with E-state index in [2.05, 4.69) is 4.98 Å². The molecule has 94 valence electrons. The lowest BCUT2D eigenvalue weighted by Gasteiger charge is -2.27. The van der Waals surface area contributed by atoms with Crippen LogP contribution in [0.15, 0.2) is 42.6 Å². The first-order valence-electron chi connectivity index (χ1n) is 5.68. The molecule has 1 heterocycles. The van der Waals surface area contributed by atoms with E-state index < -0.39 is 5.95 Å². The molecule has 0 fully saturated rings. The molecule has 1 aromatic carbocycles. The van der Waals surface area contributed by atoms with E-state index in [1.54, 1.807) is 31.3 Å². The highest BCUT2D eigenvalue weighted by molar-refractivity contribution is 5.46. The summed E-state index contributed by atoms with van der Waals surface area (Å²) in [7, 11) is 1.80. The first-order valence-corrected chi connectivity index (χ1v) is 5.68. The molecule has 0 saturated heterocycles. The van der Waals surface area contributed by atoms with Gasteiger partial charge in [0.05, 0.1) is 6.04 Å².